The average Bonchev–Trinajstić information content (AvgIpc) is 3.57. The third-order valence-electron chi connectivity index (χ3n) is 8.20. The zero-order valence-corrected chi connectivity index (χ0v) is 21.8. The molecule has 0 atom stereocenters. The molecule has 41 heavy (non-hydrogen) atoms. The molecular weight excluding hydrogens is 506 g/mol. The maximum atomic E-state index is 13.7. The number of fused-ring (bicyclic) bond motifs is 9. The highest BCUT2D eigenvalue weighted by Gasteiger charge is 2.20. The van der Waals surface area contributed by atoms with Crippen molar-refractivity contribution >= 4 is 65.7 Å². The van der Waals surface area contributed by atoms with Crippen LogP contribution in [0, 0.1) is 0 Å². The molecule has 9 rings (SSSR count). The second-order valence-electron chi connectivity index (χ2n) is 10.4. The summed E-state index contributed by atoms with van der Waals surface area (Å²) in [7, 11) is 0. The molecule has 0 saturated heterocycles. The zero-order chi connectivity index (χ0) is 27.1. The number of hydrogen-bond acceptors (Lipinski definition) is 3. The molecule has 0 aliphatic heterocycles. The third kappa shape index (κ3) is 3.07. The van der Waals surface area contributed by atoms with Crippen molar-refractivity contribution in [3.63, 3.8) is 0 Å². The molecule has 0 fully saturated rings. The topological polar surface area (TPSA) is 48.3 Å². The van der Waals surface area contributed by atoms with Crippen LogP contribution < -0.4 is 5.43 Å². The molecule has 4 heteroatoms. The first-order chi connectivity index (χ1) is 20.3. The molecule has 0 unspecified atom stereocenters. The Hall–Kier alpha value is -5.61. The second-order valence-corrected chi connectivity index (χ2v) is 10.4. The Labute approximate surface area is 233 Å². The van der Waals surface area contributed by atoms with E-state index >= 15 is 0 Å². The van der Waals surface area contributed by atoms with Crippen LogP contribution in [0.1, 0.15) is 0 Å². The molecule has 0 amide bonds. The Morgan fingerprint density at radius 1 is 0.488 bits per heavy atom. The van der Waals surface area contributed by atoms with E-state index in [0.29, 0.717) is 21.9 Å². The van der Waals surface area contributed by atoms with Crippen LogP contribution in [0.2, 0.25) is 0 Å². The van der Waals surface area contributed by atoms with E-state index in [1.807, 2.05) is 91.0 Å². The maximum absolute atomic E-state index is 13.7. The van der Waals surface area contributed by atoms with Gasteiger partial charge in [0.25, 0.3) is 0 Å². The van der Waals surface area contributed by atoms with E-state index in [4.69, 9.17) is 8.83 Å². The van der Waals surface area contributed by atoms with Gasteiger partial charge in [-0.2, -0.15) is 0 Å². The number of nitrogens with zero attached hydrogens (tertiary/aromatic N) is 1. The van der Waals surface area contributed by atoms with Crippen molar-refractivity contribution in [3.05, 3.63) is 138 Å². The van der Waals surface area contributed by atoms with Crippen LogP contribution in [-0.2, 0) is 0 Å². The number of rotatable bonds is 2. The van der Waals surface area contributed by atoms with Crippen molar-refractivity contribution in [2.45, 2.75) is 0 Å². The van der Waals surface area contributed by atoms with Crippen LogP contribution >= 0.6 is 0 Å². The molecule has 0 radical (unpaired) electrons. The lowest BCUT2D eigenvalue weighted by molar-refractivity contribution is 0.660. The fraction of sp³-hybridized carbons (Fsp3) is 0. The Kier molecular flexibility index (Phi) is 4.44. The first-order valence-corrected chi connectivity index (χ1v) is 13.6. The van der Waals surface area contributed by atoms with Gasteiger partial charge < -0.3 is 13.4 Å². The fourth-order valence-electron chi connectivity index (χ4n) is 6.35. The van der Waals surface area contributed by atoms with Gasteiger partial charge in [0.1, 0.15) is 16.7 Å². The molecule has 0 spiro atoms. The summed E-state index contributed by atoms with van der Waals surface area (Å²) in [5.41, 5.74) is 7.66. The SMILES string of the molecule is O=c1c2ccc(-n3c4ccccc4c4ccc5c6ccccc6oc5c43)cc2oc2c(-c3ccccc3)cccc12. The number of aromatic nitrogens is 1. The highest BCUT2D eigenvalue weighted by atomic mass is 16.3. The minimum atomic E-state index is -0.0347. The lowest BCUT2D eigenvalue weighted by Gasteiger charge is -2.11. The lowest BCUT2D eigenvalue weighted by Crippen LogP contribution is -2.03. The van der Waals surface area contributed by atoms with Crippen molar-refractivity contribution in [3.8, 4) is 16.8 Å². The Bertz CT molecular complexity index is 2550. The van der Waals surface area contributed by atoms with E-state index < -0.39 is 0 Å². The van der Waals surface area contributed by atoms with Gasteiger partial charge in [-0.3, -0.25) is 4.79 Å². The molecule has 0 N–H and O–H groups in total. The Morgan fingerprint density at radius 2 is 1.20 bits per heavy atom. The molecule has 192 valence electrons. The highest BCUT2D eigenvalue weighted by Crippen LogP contribution is 2.40. The molecule has 0 aliphatic rings. The van der Waals surface area contributed by atoms with Gasteiger partial charge in [0.2, 0.25) is 5.43 Å². The van der Waals surface area contributed by atoms with Crippen molar-refractivity contribution in [2.24, 2.45) is 0 Å². The summed E-state index contributed by atoms with van der Waals surface area (Å²) in [6, 6.07) is 42.5. The monoisotopic (exact) mass is 527 g/mol. The van der Waals surface area contributed by atoms with Crippen molar-refractivity contribution in [1.82, 2.24) is 4.57 Å². The van der Waals surface area contributed by atoms with Gasteiger partial charge in [-0.25, -0.2) is 0 Å². The number of furan rings is 1. The van der Waals surface area contributed by atoms with Crippen LogP contribution in [0.25, 0.3) is 82.5 Å². The largest absolute Gasteiger partial charge is 0.455 e. The fourth-order valence-corrected chi connectivity index (χ4v) is 6.35. The van der Waals surface area contributed by atoms with Gasteiger partial charge in [0.15, 0.2) is 5.58 Å². The maximum Gasteiger partial charge on any atom is 0.200 e. The van der Waals surface area contributed by atoms with E-state index in [1.54, 1.807) is 0 Å². The summed E-state index contributed by atoms with van der Waals surface area (Å²) in [6.45, 7) is 0. The summed E-state index contributed by atoms with van der Waals surface area (Å²) in [5.74, 6) is 0. The van der Waals surface area contributed by atoms with Crippen LogP contribution in [0.5, 0.6) is 0 Å². The van der Waals surface area contributed by atoms with Crippen molar-refractivity contribution in [1.29, 1.82) is 0 Å². The van der Waals surface area contributed by atoms with Gasteiger partial charge in [-0.15, -0.1) is 0 Å². The predicted molar refractivity (Wildman–Crippen MR) is 167 cm³/mol. The van der Waals surface area contributed by atoms with Crippen LogP contribution in [0.4, 0.5) is 0 Å². The highest BCUT2D eigenvalue weighted by molar-refractivity contribution is 6.21. The lowest BCUT2D eigenvalue weighted by atomic mass is 10.0. The predicted octanol–water partition coefficient (Wildman–Crippen LogP) is 9.61. The standard InChI is InChI=1S/C37H21NO3/c39-35-29-18-17-23(21-33(29)41-36-24(13-8-14-30(35)36)22-9-2-1-3-10-22)38-31-15-6-4-11-25(31)27-19-20-28-26-12-5-7-16-32(26)40-37(28)34(27)38/h1-21H. The molecule has 9 aromatic rings. The van der Waals surface area contributed by atoms with E-state index in [2.05, 4.69) is 41.0 Å². The summed E-state index contributed by atoms with van der Waals surface area (Å²) in [6.07, 6.45) is 0. The van der Waals surface area contributed by atoms with Crippen molar-refractivity contribution in [2.75, 3.05) is 0 Å². The molecule has 0 bridgehead atoms. The summed E-state index contributed by atoms with van der Waals surface area (Å²) < 4.78 is 15.3. The smallest absolute Gasteiger partial charge is 0.200 e. The minimum absolute atomic E-state index is 0.0347. The third-order valence-corrected chi connectivity index (χ3v) is 8.20. The molecular formula is C37H21NO3. The van der Waals surface area contributed by atoms with Crippen LogP contribution in [0.3, 0.4) is 0 Å². The van der Waals surface area contributed by atoms with E-state index in [0.717, 1.165) is 60.6 Å². The van der Waals surface area contributed by atoms with Crippen molar-refractivity contribution < 1.29 is 8.83 Å². The van der Waals surface area contributed by atoms with Gasteiger partial charge >= 0.3 is 0 Å². The minimum Gasteiger partial charge on any atom is -0.455 e. The van der Waals surface area contributed by atoms with Crippen LogP contribution in [-0.4, -0.2) is 4.57 Å². The van der Waals surface area contributed by atoms with Gasteiger partial charge in [-0.05, 0) is 42.0 Å². The van der Waals surface area contributed by atoms with E-state index in [9.17, 15) is 4.79 Å². The normalized spacial score (nSPS) is 12.0. The quantitative estimate of drug-likeness (QED) is 0.210. The van der Waals surface area contributed by atoms with E-state index in [-0.39, 0.29) is 5.43 Å². The molecule has 0 aliphatic carbocycles. The van der Waals surface area contributed by atoms with Gasteiger partial charge in [0, 0.05) is 33.2 Å². The van der Waals surface area contributed by atoms with E-state index in [1.165, 1.54) is 0 Å². The first kappa shape index (κ1) is 22.2. The molecule has 6 aromatic carbocycles. The molecule has 3 aromatic heterocycles. The summed E-state index contributed by atoms with van der Waals surface area (Å²) in [5, 5.41) is 5.54. The number of hydrogen-bond donors (Lipinski definition) is 0. The second kappa shape index (κ2) is 8.20. The zero-order valence-electron chi connectivity index (χ0n) is 21.8. The van der Waals surface area contributed by atoms with Gasteiger partial charge in [-0.1, -0.05) is 84.9 Å². The molecule has 3 heterocycles. The average molecular weight is 528 g/mol. The van der Waals surface area contributed by atoms with Gasteiger partial charge in [0.05, 0.1) is 27.5 Å². The summed E-state index contributed by atoms with van der Waals surface area (Å²) in [4.78, 5) is 13.7. The number of benzene rings is 6. The number of para-hydroxylation sites is 3. The first-order valence-electron chi connectivity index (χ1n) is 13.6. The molecule has 0 saturated carbocycles. The summed E-state index contributed by atoms with van der Waals surface area (Å²) >= 11 is 0. The Balaban J connectivity index is 1.39. The Morgan fingerprint density at radius 3 is 2.10 bits per heavy atom. The van der Waals surface area contributed by atoms with Crippen LogP contribution in [0.15, 0.2) is 141 Å². The molecule has 4 nitrogen and oxygen atoms in total.